The molecule has 2 heterocycles. The Hall–Kier alpha value is -3.22. The van der Waals surface area contributed by atoms with Gasteiger partial charge in [0.05, 0.1) is 11.1 Å². The monoisotopic (exact) mass is 365 g/mol. The van der Waals surface area contributed by atoms with E-state index in [-0.39, 0.29) is 18.0 Å². The average Bonchev–Trinajstić information content (AvgIpc) is 2.67. The average molecular weight is 365 g/mol. The number of hydrogen-bond donors (Lipinski definition) is 2. The number of rotatable bonds is 7. The van der Waals surface area contributed by atoms with Crippen LogP contribution in [-0.2, 0) is 11.3 Å². The molecule has 27 heavy (non-hydrogen) atoms. The lowest BCUT2D eigenvalue weighted by Crippen LogP contribution is -2.35. The van der Waals surface area contributed by atoms with Gasteiger partial charge in [-0.3, -0.25) is 9.59 Å². The van der Waals surface area contributed by atoms with E-state index in [2.05, 4.69) is 20.7 Å². The smallest absolute Gasteiger partial charge is 0.275 e. The fourth-order valence-corrected chi connectivity index (χ4v) is 2.81. The number of fused-ring (bicyclic) bond motifs is 1. The molecule has 7 nitrogen and oxygen atoms in total. The maximum Gasteiger partial charge on any atom is 0.275 e. The van der Waals surface area contributed by atoms with Crippen LogP contribution < -0.4 is 16.2 Å². The van der Waals surface area contributed by atoms with Crippen LogP contribution in [0.3, 0.4) is 0 Å². The van der Waals surface area contributed by atoms with Crippen molar-refractivity contribution < 1.29 is 4.79 Å². The van der Waals surface area contributed by atoms with Crippen molar-refractivity contribution in [2.45, 2.75) is 26.8 Å². The second-order valence-corrected chi connectivity index (χ2v) is 6.44. The summed E-state index contributed by atoms with van der Waals surface area (Å²) in [5.41, 5.74) is 1.59. The maximum absolute atomic E-state index is 12.5. The topological polar surface area (TPSA) is 88.9 Å². The maximum atomic E-state index is 12.5. The van der Waals surface area contributed by atoms with Crippen LogP contribution in [0.2, 0.25) is 0 Å². The molecule has 140 valence electrons. The standard InChI is InChI=1S/C20H23N5O2/c1-14-8-9-18(23-12-14)21-10-5-11-22-19(26)13-25-20(27)17-7-4-3-6-16(17)15(2)24-25/h3-4,6-9,12H,5,10-11,13H2,1-2H3,(H,21,23)(H,22,26). The minimum Gasteiger partial charge on any atom is -0.370 e. The van der Waals surface area contributed by atoms with E-state index in [0.717, 1.165) is 28.9 Å². The number of amides is 1. The molecular weight excluding hydrogens is 342 g/mol. The fraction of sp³-hybridized carbons (Fsp3) is 0.300. The van der Waals surface area contributed by atoms with Crippen molar-refractivity contribution in [1.82, 2.24) is 20.1 Å². The summed E-state index contributed by atoms with van der Waals surface area (Å²) >= 11 is 0. The molecule has 1 amide bonds. The number of nitrogens with one attached hydrogen (secondary N) is 2. The van der Waals surface area contributed by atoms with E-state index in [1.807, 2.05) is 44.2 Å². The predicted molar refractivity (Wildman–Crippen MR) is 106 cm³/mol. The Morgan fingerprint density at radius 2 is 1.85 bits per heavy atom. The van der Waals surface area contributed by atoms with Gasteiger partial charge in [-0.15, -0.1) is 0 Å². The van der Waals surface area contributed by atoms with Crippen LogP contribution in [0.4, 0.5) is 5.82 Å². The van der Waals surface area contributed by atoms with Crippen molar-refractivity contribution in [3.05, 3.63) is 64.2 Å². The number of aromatic nitrogens is 3. The first-order valence-corrected chi connectivity index (χ1v) is 8.94. The highest BCUT2D eigenvalue weighted by Gasteiger charge is 2.10. The molecular formula is C20H23N5O2. The Bertz CT molecular complexity index is 995. The molecule has 0 spiro atoms. The largest absolute Gasteiger partial charge is 0.370 e. The lowest BCUT2D eigenvalue weighted by Gasteiger charge is -2.10. The zero-order valence-electron chi connectivity index (χ0n) is 15.5. The third-order valence-electron chi connectivity index (χ3n) is 4.24. The summed E-state index contributed by atoms with van der Waals surface area (Å²) in [4.78, 5) is 28.9. The van der Waals surface area contributed by atoms with E-state index in [0.29, 0.717) is 18.5 Å². The first kappa shape index (κ1) is 18.6. The second-order valence-electron chi connectivity index (χ2n) is 6.44. The van der Waals surface area contributed by atoms with Crippen LogP contribution in [-0.4, -0.2) is 33.8 Å². The van der Waals surface area contributed by atoms with Gasteiger partial charge in [0, 0.05) is 24.7 Å². The van der Waals surface area contributed by atoms with Gasteiger partial charge >= 0.3 is 0 Å². The van der Waals surface area contributed by atoms with Crippen LogP contribution in [0.1, 0.15) is 17.7 Å². The van der Waals surface area contributed by atoms with Gasteiger partial charge in [0.15, 0.2) is 0 Å². The van der Waals surface area contributed by atoms with Crippen molar-refractivity contribution in [3.8, 4) is 0 Å². The predicted octanol–water partition coefficient (Wildman–Crippen LogP) is 2.03. The minimum atomic E-state index is -0.251. The summed E-state index contributed by atoms with van der Waals surface area (Å²) in [5, 5.41) is 11.7. The molecule has 0 fully saturated rings. The van der Waals surface area contributed by atoms with Crippen LogP contribution in [0.5, 0.6) is 0 Å². The number of aryl methyl sites for hydroxylation is 2. The molecule has 0 bridgehead atoms. The van der Waals surface area contributed by atoms with E-state index >= 15 is 0 Å². The van der Waals surface area contributed by atoms with E-state index in [4.69, 9.17) is 0 Å². The molecule has 3 rings (SSSR count). The quantitative estimate of drug-likeness (QED) is 0.626. The summed E-state index contributed by atoms with van der Waals surface area (Å²) in [6.45, 7) is 4.95. The molecule has 0 aliphatic carbocycles. The molecule has 0 aliphatic rings. The number of carbonyl (C=O) groups is 1. The van der Waals surface area contributed by atoms with E-state index in [1.165, 1.54) is 4.68 Å². The Morgan fingerprint density at radius 1 is 1.07 bits per heavy atom. The highest BCUT2D eigenvalue weighted by atomic mass is 16.2. The second kappa shape index (κ2) is 8.44. The Morgan fingerprint density at radius 3 is 2.59 bits per heavy atom. The van der Waals surface area contributed by atoms with Gasteiger partial charge in [-0.2, -0.15) is 5.10 Å². The van der Waals surface area contributed by atoms with Gasteiger partial charge in [-0.1, -0.05) is 24.3 Å². The third kappa shape index (κ3) is 4.69. The molecule has 0 unspecified atom stereocenters. The lowest BCUT2D eigenvalue weighted by atomic mass is 10.1. The summed E-state index contributed by atoms with van der Waals surface area (Å²) in [7, 11) is 0. The van der Waals surface area contributed by atoms with Gasteiger partial charge in [-0.25, -0.2) is 9.67 Å². The number of pyridine rings is 1. The van der Waals surface area contributed by atoms with E-state index in [9.17, 15) is 9.59 Å². The Kier molecular flexibility index (Phi) is 5.80. The summed E-state index contributed by atoms with van der Waals surface area (Å²) < 4.78 is 1.22. The summed E-state index contributed by atoms with van der Waals surface area (Å²) in [6, 6.07) is 11.2. The van der Waals surface area contributed by atoms with Crippen LogP contribution in [0, 0.1) is 13.8 Å². The molecule has 0 saturated carbocycles. The Balaban J connectivity index is 1.49. The molecule has 0 radical (unpaired) electrons. The number of benzene rings is 1. The lowest BCUT2D eigenvalue weighted by molar-refractivity contribution is -0.121. The number of hydrogen-bond acceptors (Lipinski definition) is 5. The molecule has 0 aliphatic heterocycles. The van der Waals surface area contributed by atoms with Gasteiger partial charge in [0.1, 0.15) is 12.4 Å². The highest BCUT2D eigenvalue weighted by Crippen LogP contribution is 2.11. The van der Waals surface area contributed by atoms with Gasteiger partial charge < -0.3 is 10.6 Å². The molecule has 7 heteroatoms. The first-order chi connectivity index (χ1) is 13.0. The third-order valence-corrected chi connectivity index (χ3v) is 4.24. The van der Waals surface area contributed by atoms with Crippen molar-refractivity contribution in [3.63, 3.8) is 0 Å². The number of nitrogens with zero attached hydrogens (tertiary/aromatic N) is 3. The summed E-state index contributed by atoms with van der Waals surface area (Å²) in [6.07, 6.45) is 2.56. The zero-order chi connectivity index (χ0) is 19.2. The summed E-state index contributed by atoms with van der Waals surface area (Å²) in [5.74, 6) is 0.585. The highest BCUT2D eigenvalue weighted by molar-refractivity contribution is 5.83. The van der Waals surface area contributed by atoms with Crippen molar-refractivity contribution in [2.24, 2.45) is 0 Å². The first-order valence-electron chi connectivity index (χ1n) is 8.94. The SMILES string of the molecule is Cc1ccc(NCCCNC(=O)Cn2nc(C)c3ccccc3c2=O)nc1. The van der Waals surface area contributed by atoms with Crippen LogP contribution in [0.25, 0.3) is 10.8 Å². The van der Waals surface area contributed by atoms with Gasteiger partial charge in [0.25, 0.3) is 5.56 Å². The number of anilines is 1. The Labute approximate surface area is 157 Å². The molecule has 2 N–H and O–H groups in total. The van der Waals surface area contributed by atoms with E-state index in [1.54, 1.807) is 12.3 Å². The van der Waals surface area contributed by atoms with Crippen molar-refractivity contribution >= 4 is 22.5 Å². The zero-order valence-corrected chi connectivity index (χ0v) is 15.5. The number of carbonyl (C=O) groups excluding carboxylic acids is 1. The van der Waals surface area contributed by atoms with Gasteiger partial charge in [-0.05, 0) is 38.0 Å². The molecule has 2 aromatic heterocycles. The van der Waals surface area contributed by atoms with Crippen molar-refractivity contribution in [1.29, 1.82) is 0 Å². The minimum absolute atomic E-state index is 0.0859. The molecule has 0 atom stereocenters. The van der Waals surface area contributed by atoms with Crippen LogP contribution >= 0.6 is 0 Å². The van der Waals surface area contributed by atoms with Gasteiger partial charge in [0.2, 0.25) is 5.91 Å². The fourth-order valence-electron chi connectivity index (χ4n) is 2.81. The van der Waals surface area contributed by atoms with E-state index < -0.39 is 0 Å². The van der Waals surface area contributed by atoms with Crippen molar-refractivity contribution in [2.75, 3.05) is 18.4 Å². The normalized spacial score (nSPS) is 10.7. The van der Waals surface area contributed by atoms with Crippen LogP contribution in [0.15, 0.2) is 47.4 Å². The molecule has 0 saturated heterocycles. The molecule has 3 aromatic rings. The molecule has 1 aromatic carbocycles.